The summed E-state index contributed by atoms with van der Waals surface area (Å²) >= 11 is 1.42. The highest BCUT2D eigenvalue weighted by Gasteiger charge is 2.58. The lowest BCUT2D eigenvalue weighted by Gasteiger charge is -2.31. The van der Waals surface area contributed by atoms with Crippen molar-refractivity contribution < 1.29 is 36.2 Å². The molecule has 0 aliphatic carbocycles. The van der Waals surface area contributed by atoms with Crippen LogP contribution in [0.3, 0.4) is 0 Å². The van der Waals surface area contributed by atoms with E-state index in [4.69, 9.17) is 9.47 Å². The summed E-state index contributed by atoms with van der Waals surface area (Å²) in [6.45, 7) is 1.35. The molecule has 0 bridgehead atoms. The van der Waals surface area contributed by atoms with Gasteiger partial charge in [-0.2, -0.15) is 22.0 Å². The number of hydrogen-bond donors (Lipinski definition) is 0. The zero-order valence-corrected chi connectivity index (χ0v) is 17.2. The minimum atomic E-state index is -5.67. The molecule has 170 valence electrons. The van der Waals surface area contributed by atoms with Crippen LogP contribution >= 0.6 is 11.3 Å². The molecule has 1 amide bonds. The van der Waals surface area contributed by atoms with E-state index in [1.165, 1.54) is 17.4 Å². The topological polar surface area (TPSA) is 51.7 Å². The van der Waals surface area contributed by atoms with Gasteiger partial charge in [-0.15, -0.1) is 11.3 Å². The summed E-state index contributed by atoms with van der Waals surface area (Å²) < 4.78 is 75.1. The van der Waals surface area contributed by atoms with Gasteiger partial charge in [0.2, 0.25) is 0 Å². The normalized spacial score (nSPS) is 15.7. The van der Waals surface area contributed by atoms with Crippen LogP contribution in [-0.4, -0.2) is 41.8 Å². The number of carbonyl (C=O) groups excluding carboxylic acids is 1. The Morgan fingerprint density at radius 3 is 2.58 bits per heavy atom. The summed E-state index contributed by atoms with van der Waals surface area (Å²) in [5, 5.41) is 1.81. The van der Waals surface area contributed by atoms with Crippen LogP contribution < -0.4 is 4.74 Å². The average molecular weight is 464 g/mol. The van der Waals surface area contributed by atoms with Gasteiger partial charge in [0.15, 0.2) is 0 Å². The van der Waals surface area contributed by atoms with Crippen molar-refractivity contribution in [3.8, 4) is 5.75 Å². The Kier molecular flexibility index (Phi) is 7.34. The molecule has 3 rings (SSSR count). The average Bonchev–Trinajstić information content (AvgIpc) is 3.26. The smallest absolute Gasteiger partial charge is 0.458 e. The van der Waals surface area contributed by atoms with Gasteiger partial charge in [-0.05, 0) is 37.3 Å². The number of hydrogen-bond acceptors (Lipinski definition) is 5. The fourth-order valence-electron chi connectivity index (χ4n) is 3.23. The molecule has 2 heterocycles. The minimum Gasteiger partial charge on any atom is -0.494 e. The summed E-state index contributed by atoms with van der Waals surface area (Å²) in [5.41, 5.74) is 1.21. The maximum absolute atomic E-state index is 13.5. The number of likely N-dealkylation sites (tertiary alicyclic amines) is 1. The van der Waals surface area contributed by atoms with E-state index in [0.29, 0.717) is 31.3 Å². The molecule has 0 N–H and O–H groups in total. The second-order valence-electron chi connectivity index (χ2n) is 7.20. The SMILES string of the molecule is O=C(OCc1cscn1)N1CCC(CCOc2cccc(C(F)(F)C(F)(F)F)c2)CC1. The number of piperidine rings is 1. The first-order valence-corrected chi connectivity index (χ1v) is 10.6. The largest absolute Gasteiger partial charge is 0.494 e. The second kappa shape index (κ2) is 9.80. The highest BCUT2D eigenvalue weighted by molar-refractivity contribution is 7.07. The Labute approximate surface area is 179 Å². The summed E-state index contributed by atoms with van der Waals surface area (Å²) in [6, 6.07) is 3.90. The lowest BCUT2D eigenvalue weighted by Crippen LogP contribution is -2.39. The monoisotopic (exact) mass is 464 g/mol. The highest BCUT2D eigenvalue weighted by Crippen LogP contribution is 2.44. The van der Waals surface area contributed by atoms with Crippen LogP contribution in [0.2, 0.25) is 0 Å². The number of thiazole rings is 1. The Morgan fingerprint density at radius 1 is 1.19 bits per heavy atom. The molecule has 31 heavy (non-hydrogen) atoms. The zero-order chi connectivity index (χ0) is 22.5. The summed E-state index contributed by atoms with van der Waals surface area (Å²) in [4.78, 5) is 17.8. The van der Waals surface area contributed by atoms with Crippen LogP contribution in [0.1, 0.15) is 30.5 Å². The van der Waals surface area contributed by atoms with Crippen molar-refractivity contribution in [2.45, 2.75) is 38.0 Å². The Bertz CT molecular complexity index is 853. The van der Waals surface area contributed by atoms with Gasteiger partial charge in [-0.25, -0.2) is 9.78 Å². The lowest BCUT2D eigenvalue weighted by atomic mass is 9.94. The molecule has 1 aromatic heterocycles. The minimum absolute atomic E-state index is 0.0375. The van der Waals surface area contributed by atoms with E-state index in [2.05, 4.69) is 4.98 Å². The number of aromatic nitrogens is 1. The van der Waals surface area contributed by atoms with Crippen molar-refractivity contribution in [1.82, 2.24) is 9.88 Å². The maximum Gasteiger partial charge on any atom is 0.458 e. The van der Waals surface area contributed by atoms with Crippen molar-refractivity contribution in [2.75, 3.05) is 19.7 Å². The van der Waals surface area contributed by atoms with Crippen LogP contribution in [0, 0.1) is 5.92 Å². The number of amides is 1. The zero-order valence-electron chi connectivity index (χ0n) is 16.4. The third-order valence-electron chi connectivity index (χ3n) is 5.05. The van der Waals surface area contributed by atoms with Crippen molar-refractivity contribution in [1.29, 1.82) is 0 Å². The lowest BCUT2D eigenvalue weighted by molar-refractivity contribution is -0.289. The number of ether oxygens (including phenoxy) is 2. The van der Waals surface area contributed by atoms with Crippen LogP contribution in [0.5, 0.6) is 5.75 Å². The molecule has 1 aliphatic rings. The van der Waals surface area contributed by atoms with Crippen molar-refractivity contribution in [3.63, 3.8) is 0 Å². The van der Waals surface area contributed by atoms with E-state index in [0.717, 1.165) is 25.0 Å². The Morgan fingerprint density at radius 2 is 1.94 bits per heavy atom. The number of halogens is 5. The van der Waals surface area contributed by atoms with Gasteiger partial charge in [-0.3, -0.25) is 0 Å². The molecule has 11 heteroatoms. The Hall–Kier alpha value is -2.43. The summed E-state index contributed by atoms with van der Waals surface area (Å²) in [7, 11) is 0. The first-order valence-electron chi connectivity index (χ1n) is 9.63. The van der Waals surface area contributed by atoms with E-state index >= 15 is 0 Å². The van der Waals surface area contributed by atoms with E-state index in [1.54, 1.807) is 15.8 Å². The fraction of sp³-hybridized carbons (Fsp3) is 0.500. The molecule has 2 aromatic rings. The number of benzene rings is 1. The molecule has 1 aliphatic heterocycles. The van der Waals surface area contributed by atoms with E-state index < -0.39 is 23.8 Å². The quantitative estimate of drug-likeness (QED) is 0.500. The van der Waals surface area contributed by atoms with Gasteiger partial charge < -0.3 is 14.4 Å². The molecule has 0 spiro atoms. The van der Waals surface area contributed by atoms with E-state index in [9.17, 15) is 26.7 Å². The first kappa shape index (κ1) is 23.2. The van der Waals surface area contributed by atoms with Gasteiger partial charge >= 0.3 is 18.2 Å². The summed E-state index contributed by atoms with van der Waals surface area (Å²) in [6.07, 6.45) is -4.02. The molecule has 0 atom stereocenters. The van der Waals surface area contributed by atoms with E-state index in [1.807, 2.05) is 0 Å². The molecule has 1 aromatic carbocycles. The second-order valence-corrected chi connectivity index (χ2v) is 7.92. The molecule has 5 nitrogen and oxygen atoms in total. The maximum atomic E-state index is 13.5. The van der Waals surface area contributed by atoms with Gasteiger partial charge in [0.05, 0.1) is 17.8 Å². The number of nitrogens with zero attached hydrogens (tertiary/aromatic N) is 2. The molecule has 0 saturated carbocycles. The predicted octanol–water partition coefficient (Wildman–Crippen LogP) is 5.61. The number of carbonyl (C=O) groups is 1. The van der Waals surface area contributed by atoms with Crippen LogP contribution in [-0.2, 0) is 17.3 Å². The van der Waals surface area contributed by atoms with Crippen LogP contribution in [0.25, 0.3) is 0 Å². The molecule has 0 unspecified atom stereocenters. The van der Waals surface area contributed by atoms with Gasteiger partial charge in [0.25, 0.3) is 0 Å². The van der Waals surface area contributed by atoms with Crippen LogP contribution in [0.15, 0.2) is 35.2 Å². The standard InChI is InChI=1S/C20H21F5N2O3S/c21-19(22,20(23,24)25)15-2-1-3-17(10-15)29-9-6-14-4-7-27(8-5-14)18(28)30-11-16-12-31-13-26-16/h1-3,10,12-14H,4-9,11H2. The fourth-order valence-corrected chi connectivity index (χ4v) is 3.77. The molecule has 1 saturated heterocycles. The van der Waals surface area contributed by atoms with Gasteiger partial charge in [0, 0.05) is 24.0 Å². The Balaban J connectivity index is 1.40. The van der Waals surface area contributed by atoms with Crippen LogP contribution in [0.4, 0.5) is 26.7 Å². The molecular formula is C20H21F5N2O3S. The first-order chi connectivity index (χ1) is 14.7. The molecule has 1 fully saturated rings. The van der Waals surface area contributed by atoms with E-state index in [-0.39, 0.29) is 24.9 Å². The molecule has 0 radical (unpaired) electrons. The summed E-state index contributed by atoms with van der Waals surface area (Å²) in [5.74, 6) is -4.72. The van der Waals surface area contributed by atoms with Crippen molar-refractivity contribution in [2.24, 2.45) is 5.92 Å². The number of alkyl halides is 5. The van der Waals surface area contributed by atoms with Crippen molar-refractivity contribution >= 4 is 17.4 Å². The third kappa shape index (κ3) is 6.05. The third-order valence-corrected chi connectivity index (χ3v) is 5.68. The predicted molar refractivity (Wildman–Crippen MR) is 103 cm³/mol. The molecular weight excluding hydrogens is 443 g/mol. The number of rotatable bonds is 7. The highest BCUT2D eigenvalue weighted by atomic mass is 32.1. The van der Waals surface area contributed by atoms with Crippen molar-refractivity contribution in [3.05, 3.63) is 46.4 Å². The van der Waals surface area contributed by atoms with Gasteiger partial charge in [-0.1, -0.05) is 12.1 Å². The van der Waals surface area contributed by atoms with Gasteiger partial charge in [0.1, 0.15) is 12.4 Å².